The molecule has 0 spiro atoms. The first-order chi connectivity index (χ1) is 13.0. The van der Waals surface area contributed by atoms with Crippen molar-refractivity contribution in [2.75, 3.05) is 0 Å². The van der Waals surface area contributed by atoms with Gasteiger partial charge in [0.15, 0.2) is 0 Å². The number of rotatable bonds is 6. The molecule has 27 heavy (non-hydrogen) atoms. The number of hydrogen-bond acceptors (Lipinski definition) is 6. The zero-order valence-corrected chi connectivity index (χ0v) is 15.3. The number of nitrogens with zero attached hydrogens (tertiary/aromatic N) is 3. The van der Waals surface area contributed by atoms with Gasteiger partial charge in [0.1, 0.15) is 17.8 Å². The van der Waals surface area contributed by atoms with Crippen LogP contribution in [0.1, 0.15) is 23.6 Å². The summed E-state index contributed by atoms with van der Waals surface area (Å²) in [6.45, 7) is 5.88. The van der Waals surface area contributed by atoms with Gasteiger partial charge in [0, 0.05) is 0 Å². The number of benzene rings is 2. The Bertz CT molecular complexity index is 951. The highest BCUT2D eigenvalue weighted by Crippen LogP contribution is 2.37. The lowest BCUT2D eigenvalue weighted by Crippen LogP contribution is -2.01. The van der Waals surface area contributed by atoms with Crippen LogP contribution in [0.4, 0.5) is 5.69 Å². The van der Waals surface area contributed by atoms with Gasteiger partial charge >= 0.3 is 17.4 Å². The first-order valence-corrected chi connectivity index (χ1v) is 8.48. The molecule has 1 aromatic heterocycles. The van der Waals surface area contributed by atoms with Gasteiger partial charge in [-0.05, 0) is 61.2 Å². The van der Waals surface area contributed by atoms with Crippen LogP contribution in [0.2, 0.25) is 0 Å². The molecule has 0 amide bonds. The molecule has 2 aromatic carbocycles. The van der Waals surface area contributed by atoms with Crippen LogP contribution >= 0.6 is 0 Å². The maximum absolute atomic E-state index is 11.6. The average molecular weight is 365 g/mol. The van der Waals surface area contributed by atoms with E-state index in [1.807, 2.05) is 39.0 Å². The molecule has 7 heteroatoms. The summed E-state index contributed by atoms with van der Waals surface area (Å²) in [7, 11) is 0. The number of ether oxygens (including phenoxy) is 2. The summed E-state index contributed by atoms with van der Waals surface area (Å²) in [6, 6.07) is 12.8. The van der Waals surface area contributed by atoms with Gasteiger partial charge in [-0.25, -0.2) is 0 Å². The minimum atomic E-state index is -0.603. The highest BCUT2D eigenvalue weighted by atomic mass is 16.6. The van der Waals surface area contributed by atoms with Gasteiger partial charge in [-0.2, -0.15) is 9.97 Å². The summed E-state index contributed by atoms with van der Waals surface area (Å²) in [4.78, 5) is 18.9. The molecule has 0 bridgehead atoms. The molecule has 138 valence electrons. The van der Waals surface area contributed by atoms with Crippen molar-refractivity contribution in [1.82, 2.24) is 9.97 Å². The second-order valence-corrected chi connectivity index (χ2v) is 6.11. The van der Waals surface area contributed by atoms with Gasteiger partial charge in [-0.3, -0.25) is 10.1 Å². The molecule has 0 aliphatic heterocycles. The minimum absolute atomic E-state index is 0.167. The molecular formula is C20H19N3O4. The van der Waals surface area contributed by atoms with Crippen molar-refractivity contribution in [1.29, 1.82) is 0 Å². The number of hydrogen-bond donors (Lipinski definition) is 0. The monoisotopic (exact) mass is 365 g/mol. The van der Waals surface area contributed by atoms with Crippen molar-refractivity contribution in [2.45, 2.75) is 27.2 Å². The van der Waals surface area contributed by atoms with E-state index in [-0.39, 0.29) is 11.8 Å². The van der Waals surface area contributed by atoms with Crippen LogP contribution in [0.3, 0.4) is 0 Å². The van der Waals surface area contributed by atoms with E-state index in [1.54, 1.807) is 24.3 Å². The van der Waals surface area contributed by atoms with E-state index in [0.717, 1.165) is 23.1 Å². The first-order valence-electron chi connectivity index (χ1n) is 8.48. The number of nitro groups is 1. The highest BCUT2D eigenvalue weighted by Gasteiger charge is 2.27. The molecular weight excluding hydrogens is 346 g/mol. The molecule has 0 aliphatic carbocycles. The summed E-state index contributed by atoms with van der Waals surface area (Å²) < 4.78 is 11.3. The molecule has 0 atom stereocenters. The fourth-order valence-electron chi connectivity index (χ4n) is 2.66. The molecule has 0 radical (unpaired) electrons. The maximum atomic E-state index is 11.6. The third-order valence-corrected chi connectivity index (χ3v) is 3.89. The van der Waals surface area contributed by atoms with Crippen LogP contribution in [-0.4, -0.2) is 14.9 Å². The molecule has 0 saturated heterocycles. The normalized spacial score (nSPS) is 10.5. The Morgan fingerprint density at radius 3 is 2.00 bits per heavy atom. The summed E-state index contributed by atoms with van der Waals surface area (Å²) in [5, 5.41) is 11.6. The van der Waals surface area contributed by atoms with E-state index >= 15 is 0 Å². The molecule has 3 rings (SSSR count). The zero-order valence-electron chi connectivity index (χ0n) is 15.3. The molecule has 0 saturated carbocycles. The highest BCUT2D eigenvalue weighted by molar-refractivity contribution is 5.52. The Labute approximate surface area is 156 Å². The lowest BCUT2D eigenvalue weighted by molar-refractivity contribution is -0.387. The summed E-state index contributed by atoms with van der Waals surface area (Å²) in [5.74, 6) is 0.581. The van der Waals surface area contributed by atoms with E-state index < -0.39 is 10.6 Å². The van der Waals surface area contributed by atoms with Crippen molar-refractivity contribution < 1.29 is 14.4 Å². The number of aromatic nitrogens is 2. The van der Waals surface area contributed by atoms with Crippen molar-refractivity contribution in [3.8, 4) is 23.3 Å². The van der Waals surface area contributed by atoms with E-state index in [4.69, 9.17) is 9.47 Å². The van der Waals surface area contributed by atoms with Crippen LogP contribution in [0.25, 0.3) is 0 Å². The Hall–Kier alpha value is -3.48. The Balaban J connectivity index is 1.95. The van der Waals surface area contributed by atoms with Crippen LogP contribution in [-0.2, 0) is 6.42 Å². The predicted molar refractivity (Wildman–Crippen MR) is 101 cm³/mol. The summed E-state index contributed by atoms with van der Waals surface area (Å²) in [5.41, 5.74) is 2.68. The molecule has 0 fully saturated rings. The molecule has 0 aliphatic rings. The quantitative estimate of drug-likeness (QED) is 0.443. The number of aryl methyl sites for hydroxylation is 3. The fraction of sp³-hybridized carbons (Fsp3) is 0.200. The Morgan fingerprint density at radius 2 is 1.48 bits per heavy atom. The van der Waals surface area contributed by atoms with Crippen molar-refractivity contribution in [2.24, 2.45) is 0 Å². The van der Waals surface area contributed by atoms with Gasteiger partial charge in [0.2, 0.25) is 0 Å². The minimum Gasteiger partial charge on any atom is -0.433 e. The molecule has 3 aromatic rings. The van der Waals surface area contributed by atoms with Crippen LogP contribution in [0.5, 0.6) is 23.3 Å². The SMILES string of the molecule is CCc1ccc(Oc2ncnc(Oc3cc(C)cc(C)c3)c2[N+](=O)[O-])cc1. The van der Waals surface area contributed by atoms with E-state index in [1.165, 1.54) is 6.33 Å². The average Bonchev–Trinajstić information content (AvgIpc) is 2.61. The van der Waals surface area contributed by atoms with Gasteiger partial charge in [-0.1, -0.05) is 25.1 Å². The third-order valence-electron chi connectivity index (χ3n) is 3.89. The standard InChI is InChI=1S/C20H19N3O4/c1-4-15-5-7-16(8-6-15)26-19-18(23(24)25)20(22-12-21-19)27-17-10-13(2)9-14(3)11-17/h5-12H,4H2,1-3H3. The lowest BCUT2D eigenvalue weighted by Gasteiger charge is -2.10. The largest absolute Gasteiger partial charge is 0.433 e. The van der Waals surface area contributed by atoms with Gasteiger partial charge in [0.05, 0.1) is 4.92 Å². The molecule has 1 heterocycles. The van der Waals surface area contributed by atoms with E-state index in [9.17, 15) is 10.1 Å². The Kier molecular flexibility index (Phi) is 5.30. The Morgan fingerprint density at radius 1 is 0.926 bits per heavy atom. The van der Waals surface area contributed by atoms with E-state index in [0.29, 0.717) is 11.5 Å². The van der Waals surface area contributed by atoms with Crippen molar-refractivity contribution in [3.63, 3.8) is 0 Å². The van der Waals surface area contributed by atoms with Crippen LogP contribution < -0.4 is 9.47 Å². The van der Waals surface area contributed by atoms with Crippen LogP contribution in [0, 0.1) is 24.0 Å². The molecule has 0 unspecified atom stereocenters. The van der Waals surface area contributed by atoms with Gasteiger partial charge < -0.3 is 9.47 Å². The second-order valence-electron chi connectivity index (χ2n) is 6.11. The zero-order chi connectivity index (χ0) is 19.4. The van der Waals surface area contributed by atoms with Crippen molar-refractivity contribution >= 4 is 5.69 Å². The predicted octanol–water partition coefficient (Wildman–Crippen LogP) is 5.15. The summed E-state index contributed by atoms with van der Waals surface area (Å²) in [6.07, 6.45) is 2.07. The maximum Gasteiger partial charge on any atom is 0.393 e. The van der Waals surface area contributed by atoms with Gasteiger partial charge in [0.25, 0.3) is 0 Å². The van der Waals surface area contributed by atoms with Gasteiger partial charge in [-0.15, -0.1) is 0 Å². The second kappa shape index (κ2) is 7.82. The first kappa shape index (κ1) is 18.3. The van der Waals surface area contributed by atoms with E-state index in [2.05, 4.69) is 9.97 Å². The summed E-state index contributed by atoms with van der Waals surface area (Å²) >= 11 is 0. The van der Waals surface area contributed by atoms with Crippen LogP contribution in [0.15, 0.2) is 48.8 Å². The third kappa shape index (κ3) is 4.38. The fourth-order valence-corrected chi connectivity index (χ4v) is 2.66. The molecule has 0 N–H and O–H groups in total. The topological polar surface area (TPSA) is 87.4 Å². The molecule has 7 nitrogen and oxygen atoms in total. The lowest BCUT2D eigenvalue weighted by atomic mass is 10.1. The van der Waals surface area contributed by atoms with Crippen molar-refractivity contribution in [3.05, 3.63) is 75.6 Å². The smallest absolute Gasteiger partial charge is 0.393 e.